The van der Waals surface area contributed by atoms with E-state index in [0.29, 0.717) is 17.8 Å². The van der Waals surface area contributed by atoms with Crippen LogP contribution in [0.4, 0.5) is 5.95 Å². The minimum Gasteiger partial charge on any atom is -0.352 e. The zero-order valence-corrected chi connectivity index (χ0v) is 12.7. The molecule has 7 heteroatoms. The highest BCUT2D eigenvalue weighted by Gasteiger charge is 2.10. The third kappa shape index (κ3) is 4.16. The van der Waals surface area contributed by atoms with E-state index in [-0.39, 0.29) is 11.3 Å². The van der Waals surface area contributed by atoms with Gasteiger partial charge in [0, 0.05) is 18.4 Å². The van der Waals surface area contributed by atoms with Crippen molar-refractivity contribution in [3.63, 3.8) is 0 Å². The Labute approximate surface area is 123 Å². The monoisotopic (exact) mass is 294 g/mol. The number of anilines is 1. The first kappa shape index (κ1) is 14.7. The molecule has 0 radical (unpaired) electrons. The van der Waals surface area contributed by atoms with E-state index in [1.165, 1.54) is 0 Å². The standard InChI is InChI=1S/C13H19ClN6/c1-9(2)4-5-10(3)16-12-17-11(14)18-13(19-12)20-7-6-15-8-20/h6-10H,4-5H2,1-3H3,(H,16,17,18,19). The van der Waals surface area contributed by atoms with Gasteiger partial charge in [0.15, 0.2) is 0 Å². The molecule has 0 fully saturated rings. The molecule has 0 aliphatic carbocycles. The predicted molar refractivity (Wildman–Crippen MR) is 79.1 cm³/mol. The van der Waals surface area contributed by atoms with Crippen molar-refractivity contribution >= 4 is 17.5 Å². The van der Waals surface area contributed by atoms with Crippen molar-refractivity contribution in [3.8, 4) is 5.95 Å². The van der Waals surface area contributed by atoms with Gasteiger partial charge in [0.25, 0.3) is 0 Å². The summed E-state index contributed by atoms with van der Waals surface area (Å²) in [5.41, 5.74) is 0. The molecule has 0 saturated heterocycles. The number of imidazole rings is 1. The maximum absolute atomic E-state index is 5.94. The fraction of sp³-hybridized carbons (Fsp3) is 0.538. The molecule has 6 nitrogen and oxygen atoms in total. The van der Waals surface area contributed by atoms with Gasteiger partial charge in [-0.25, -0.2) is 4.98 Å². The van der Waals surface area contributed by atoms with Gasteiger partial charge in [0.1, 0.15) is 6.33 Å². The van der Waals surface area contributed by atoms with E-state index in [9.17, 15) is 0 Å². The van der Waals surface area contributed by atoms with Gasteiger partial charge in [-0.1, -0.05) is 13.8 Å². The number of nitrogens with zero attached hydrogens (tertiary/aromatic N) is 5. The van der Waals surface area contributed by atoms with Crippen LogP contribution < -0.4 is 5.32 Å². The first-order chi connectivity index (χ1) is 9.54. The minimum absolute atomic E-state index is 0.169. The smallest absolute Gasteiger partial charge is 0.241 e. The Morgan fingerprint density at radius 3 is 2.65 bits per heavy atom. The molecule has 2 heterocycles. The first-order valence-electron chi connectivity index (χ1n) is 6.71. The topological polar surface area (TPSA) is 68.5 Å². The number of hydrogen-bond acceptors (Lipinski definition) is 5. The van der Waals surface area contributed by atoms with Crippen LogP contribution in [0.25, 0.3) is 5.95 Å². The average molecular weight is 295 g/mol. The van der Waals surface area contributed by atoms with Crippen LogP contribution in [-0.2, 0) is 0 Å². The molecule has 20 heavy (non-hydrogen) atoms. The lowest BCUT2D eigenvalue weighted by atomic mass is 10.0. The molecular formula is C13H19ClN6. The van der Waals surface area contributed by atoms with Gasteiger partial charge in [-0.2, -0.15) is 15.0 Å². The Hall–Kier alpha value is -1.69. The van der Waals surface area contributed by atoms with Crippen molar-refractivity contribution in [3.05, 3.63) is 24.0 Å². The second kappa shape index (κ2) is 6.65. The largest absolute Gasteiger partial charge is 0.352 e. The summed E-state index contributed by atoms with van der Waals surface area (Å²) in [7, 11) is 0. The Kier molecular flexibility index (Phi) is 4.89. The van der Waals surface area contributed by atoms with Crippen molar-refractivity contribution in [2.75, 3.05) is 5.32 Å². The highest BCUT2D eigenvalue weighted by atomic mass is 35.5. The molecule has 1 atom stereocenters. The van der Waals surface area contributed by atoms with E-state index >= 15 is 0 Å². The lowest BCUT2D eigenvalue weighted by molar-refractivity contribution is 0.526. The van der Waals surface area contributed by atoms with Crippen LogP contribution in [0.3, 0.4) is 0 Å². The van der Waals surface area contributed by atoms with Gasteiger partial charge < -0.3 is 5.32 Å². The lowest BCUT2D eigenvalue weighted by Crippen LogP contribution is -2.18. The molecule has 0 aliphatic heterocycles. The number of aromatic nitrogens is 5. The second-order valence-electron chi connectivity index (χ2n) is 5.21. The molecule has 2 aromatic rings. The number of rotatable bonds is 6. The van der Waals surface area contributed by atoms with E-state index in [1.807, 2.05) is 0 Å². The molecular weight excluding hydrogens is 276 g/mol. The summed E-state index contributed by atoms with van der Waals surface area (Å²) < 4.78 is 1.69. The minimum atomic E-state index is 0.169. The van der Waals surface area contributed by atoms with Crippen molar-refractivity contribution in [2.45, 2.75) is 39.7 Å². The van der Waals surface area contributed by atoms with E-state index in [0.717, 1.165) is 12.8 Å². The molecule has 0 bridgehead atoms. The number of hydrogen-bond donors (Lipinski definition) is 1. The third-order valence-corrected chi connectivity index (χ3v) is 3.05. The summed E-state index contributed by atoms with van der Waals surface area (Å²) in [5, 5.41) is 3.43. The molecule has 1 unspecified atom stereocenters. The van der Waals surface area contributed by atoms with Crippen LogP contribution in [0, 0.1) is 5.92 Å². The predicted octanol–water partition coefficient (Wildman–Crippen LogP) is 2.95. The number of nitrogens with one attached hydrogen (secondary N) is 1. The quantitative estimate of drug-likeness (QED) is 0.887. The van der Waals surface area contributed by atoms with E-state index in [4.69, 9.17) is 11.6 Å². The van der Waals surface area contributed by atoms with E-state index in [1.54, 1.807) is 23.3 Å². The van der Waals surface area contributed by atoms with Gasteiger partial charge in [0.05, 0.1) is 0 Å². The average Bonchev–Trinajstić information content (AvgIpc) is 2.89. The normalized spacial score (nSPS) is 12.7. The molecule has 2 rings (SSSR count). The zero-order valence-electron chi connectivity index (χ0n) is 11.9. The Balaban J connectivity index is 2.08. The molecule has 0 amide bonds. The molecule has 1 N–H and O–H groups in total. The van der Waals surface area contributed by atoms with Crippen molar-refractivity contribution in [1.29, 1.82) is 0 Å². The summed E-state index contributed by atoms with van der Waals surface area (Å²) in [6.45, 7) is 6.53. The fourth-order valence-electron chi connectivity index (χ4n) is 1.77. The summed E-state index contributed by atoms with van der Waals surface area (Å²) in [4.78, 5) is 16.5. The Bertz CT molecular complexity index is 540. The van der Waals surface area contributed by atoms with Gasteiger partial charge in [0.2, 0.25) is 17.2 Å². The maximum atomic E-state index is 5.94. The highest BCUT2D eigenvalue weighted by Crippen LogP contribution is 2.13. The van der Waals surface area contributed by atoms with E-state index in [2.05, 4.69) is 46.0 Å². The molecule has 108 valence electrons. The molecule has 2 aromatic heterocycles. The van der Waals surface area contributed by atoms with Crippen molar-refractivity contribution in [2.24, 2.45) is 5.92 Å². The van der Waals surface area contributed by atoms with Gasteiger partial charge >= 0.3 is 0 Å². The van der Waals surface area contributed by atoms with Gasteiger partial charge in [-0.3, -0.25) is 4.57 Å². The van der Waals surface area contributed by atoms with Gasteiger partial charge in [-0.05, 0) is 37.3 Å². The fourth-order valence-corrected chi connectivity index (χ4v) is 1.93. The van der Waals surface area contributed by atoms with Crippen molar-refractivity contribution < 1.29 is 0 Å². The second-order valence-corrected chi connectivity index (χ2v) is 5.55. The summed E-state index contributed by atoms with van der Waals surface area (Å²) in [5.74, 6) is 1.63. The highest BCUT2D eigenvalue weighted by molar-refractivity contribution is 6.28. The summed E-state index contributed by atoms with van der Waals surface area (Å²) >= 11 is 5.94. The first-order valence-corrected chi connectivity index (χ1v) is 7.09. The molecule has 0 aromatic carbocycles. The van der Waals surface area contributed by atoms with Crippen LogP contribution in [0.1, 0.15) is 33.6 Å². The SMILES string of the molecule is CC(C)CCC(C)Nc1nc(Cl)nc(-n2ccnc2)n1. The molecule has 0 aliphatic rings. The third-order valence-electron chi connectivity index (χ3n) is 2.88. The maximum Gasteiger partial charge on any atom is 0.241 e. The Morgan fingerprint density at radius 1 is 1.20 bits per heavy atom. The van der Waals surface area contributed by atoms with Crippen LogP contribution in [0.5, 0.6) is 0 Å². The zero-order chi connectivity index (χ0) is 14.5. The molecule has 0 saturated carbocycles. The summed E-state index contributed by atoms with van der Waals surface area (Å²) in [6, 6.07) is 0.284. The van der Waals surface area contributed by atoms with Crippen LogP contribution in [0.2, 0.25) is 5.28 Å². The van der Waals surface area contributed by atoms with Crippen LogP contribution in [0.15, 0.2) is 18.7 Å². The Morgan fingerprint density at radius 2 is 2.00 bits per heavy atom. The van der Waals surface area contributed by atoms with Crippen LogP contribution >= 0.6 is 11.6 Å². The van der Waals surface area contributed by atoms with Crippen LogP contribution in [-0.4, -0.2) is 30.5 Å². The van der Waals surface area contributed by atoms with E-state index < -0.39 is 0 Å². The van der Waals surface area contributed by atoms with Crippen molar-refractivity contribution in [1.82, 2.24) is 24.5 Å². The number of halogens is 1. The summed E-state index contributed by atoms with van der Waals surface area (Å²) in [6.07, 6.45) is 7.26. The molecule has 0 spiro atoms. The lowest BCUT2D eigenvalue weighted by Gasteiger charge is -2.15. The van der Waals surface area contributed by atoms with Gasteiger partial charge in [-0.15, -0.1) is 0 Å².